The third-order valence-corrected chi connectivity index (χ3v) is 8.40. The molecule has 0 amide bonds. The molecule has 0 bridgehead atoms. The predicted octanol–water partition coefficient (Wildman–Crippen LogP) is 11.5. The first-order valence-corrected chi connectivity index (χ1v) is 15.0. The Morgan fingerprint density at radius 1 is 0.364 bits per heavy atom. The van der Waals surface area contributed by atoms with Crippen LogP contribution < -0.4 is 5.32 Å². The molecular weight excluding hydrogens is 532 g/mol. The van der Waals surface area contributed by atoms with Gasteiger partial charge in [0.05, 0.1) is 11.0 Å². The Morgan fingerprint density at radius 3 is 1.66 bits per heavy atom. The third kappa shape index (κ3) is 4.73. The van der Waals surface area contributed by atoms with Crippen LogP contribution >= 0.6 is 0 Å². The van der Waals surface area contributed by atoms with Crippen LogP contribution in [-0.4, -0.2) is 4.57 Å². The van der Waals surface area contributed by atoms with Gasteiger partial charge in [0, 0.05) is 33.4 Å². The summed E-state index contributed by atoms with van der Waals surface area (Å²) in [6, 6.07) is 62.7. The molecule has 7 aromatic carbocycles. The van der Waals surface area contributed by atoms with Gasteiger partial charge in [-0.3, -0.25) is 0 Å². The number of fused-ring (bicyclic) bond motifs is 3. The van der Waals surface area contributed by atoms with Crippen molar-refractivity contribution in [1.82, 2.24) is 4.57 Å². The number of rotatable bonds is 6. The van der Waals surface area contributed by atoms with Gasteiger partial charge in [-0.2, -0.15) is 0 Å². The van der Waals surface area contributed by atoms with E-state index in [9.17, 15) is 0 Å². The normalized spacial score (nSPS) is 11.2. The number of para-hydroxylation sites is 2. The van der Waals surface area contributed by atoms with Crippen LogP contribution in [0.3, 0.4) is 0 Å². The molecule has 0 saturated heterocycles. The van der Waals surface area contributed by atoms with Crippen LogP contribution in [0.2, 0.25) is 0 Å². The van der Waals surface area contributed by atoms with E-state index in [2.05, 4.69) is 186 Å². The lowest BCUT2D eigenvalue weighted by Gasteiger charge is -2.15. The number of benzene rings is 7. The maximum Gasteiger partial charge on any atom is 0.0541 e. The van der Waals surface area contributed by atoms with Gasteiger partial charge in [-0.25, -0.2) is 0 Å². The summed E-state index contributed by atoms with van der Waals surface area (Å²) in [5.41, 5.74) is 12.9. The molecule has 0 fully saturated rings. The molecule has 0 aliphatic heterocycles. The summed E-state index contributed by atoms with van der Waals surface area (Å²) < 4.78 is 2.36. The van der Waals surface area contributed by atoms with Crippen LogP contribution in [0.1, 0.15) is 0 Å². The molecule has 0 radical (unpaired) electrons. The van der Waals surface area contributed by atoms with Crippen molar-refractivity contribution < 1.29 is 0 Å². The van der Waals surface area contributed by atoms with Gasteiger partial charge in [0.25, 0.3) is 0 Å². The highest BCUT2D eigenvalue weighted by molar-refractivity contribution is 6.10. The van der Waals surface area contributed by atoms with E-state index in [1.165, 1.54) is 60.9 Å². The van der Waals surface area contributed by atoms with Crippen LogP contribution in [-0.2, 0) is 0 Å². The quantitative estimate of drug-likeness (QED) is 0.213. The van der Waals surface area contributed by atoms with Crippen molar-refractivity contribution in [2.45, 2.75) is 0 Å². The summed E-state index contributed by atoms with van der Waals surface area (Å²) in [5, 5.41) is 6.21. The molecule has 1 aromatic heterocycles. The highest BCUT2D eigenvalue weighted by Gasteiger charge is 2.14. The molecule has 2 nitrogen and oxygen atoms in total. The first-order valence-electron chi connectivity index (χ1n) is 15.0. The molecule has 2 heteroatoms. The summed E-state index contributed by atoms with van der Waals surface area (Å²) >= 11 is 0. The van der Waals surface area contributed by atoms with Crippen molar-refractivity contribution in [2.75, 3.05) is 5.32 Å². The number of anilines is 2. The van der Waals surface area contributed by atoms with Crippen molar-refractivity contribution >= 4 is 33.2 Å². The van der Waals surface area contributed by atoms with Gasteiger partial charge in [0.1, 0.15) is 0 Å². The Labute approximate surface area is 257 Å². The largest absolute Gasteiger partial charge is 0.355 e. The highest BCUT2D eigenvalue weighted by atomic mass is 15.0. The van der Waals surface area contributed by atoms with E-state index in [0.29, 0.717) is 0 Å². The SMILES string of the molecule is c1ccc(-c2ccc(Nc3ccc(-c4ccc5c(c4)c4ccccc4n5-c4ccccc4)cc3-c3ccccc3)cc2)cc1. The summed E-state index contributed by atoms with van der Waals surface area (Å²) in [6.07, 6.45) is 0. The zero-order chi connectivity index (χ0) is 29.3. The first kappa shape index (κ1) is 25.8. The van der Waals surface area contributed by atoms with Crippen molar-refractivity contribution in [3.63, 3.8) is 0 Å². The topological polar surface area (TPSA) is 17.0 Å². The summed E-state index contributed by atoms with van der Waals surface area (Å²) in [6.45, 7) is 0. The average molecular weight is 563 g/mol. The van der Waals surface area contributed by atoms with Crippen molar-refractivity contribution in [3.05, 3.63) is 176 Å². The van der Waals surface area contributed by atoms with Gasteiger partial charge >= 0.3 is 0 Å². The Balaban J connectivity index is 1.21. The zero-order valence-corrected chi connectivity index (χ0v) is 24.2. The van der Waals surface area contributed by atoms with E-state index in [1.54, 1.807) is 0 Å². The standard InChI is InChI=1S/C42H30N2/c1-4-12-30(13-5-1)31-20-24-35(25-21-31)43-40-26-22-33(28-38(40)32-14-6-2-7-15-32)34-23-27-42-39(29-34)37-18-10-11-19-41(37)44(42)36-16-8-3-9-17-36/h1-29,43H. The van der Waals surface area contributed by atoms with E-state index in [0.717, 1.165) is 11.4 Å². The fraction of sp³-hybridized carbons (Fsp3) is 0. The fourth-order valence-corrected chi connectivity index (χ4v) is 6.23. The molecule has 0 aliphatic carbocycles. The average Bonchev–Trinajstić information content (AvgIpc) is 3.44. The molecule has 1 heterocycles. The molecule has 1 N–H and O–H groups in total. The molecule has 0 unspecified atom stereocenters. The van der Waals surface area contributed by atoms with E-state index >= 15 is 0 Å². The fourth-order valence-electron chi connectivity index (χ4n) is 6.23. The van der Waals surface area contributed by atoms with E-state index in [-0.39, 0.29) is 0 Å². The molecule has 0 atom stereocenters. The van der Waals surface area contributed by atoms with Gasteiger partial charge < -0.3 is 9.88 Å². The van der Waals surface area contributed by atoms with Gasteiger partial charge in [-0.15, -0.1) is 0 Å². The number of nitrogens with one attached hydrogen (secondary N) is 1. The number of hydrogen-bond donors (Lipinski definition) is 1. The first-order chi connectivity index (χ1) is 21.8. The smallest absolute Gasteiger partial charge is 0.0541 e. The maximum atomic E-state index is 3.70. The summed E-state index contributed by atoms with van der Waals surface area (Å²) in [7, 11) is 0. The second kappa shape index (κ2) is 11.1. The molecule has 0 aliphatic rings. The Morgan fingerprint density at radius 2 is 0.909 bits per heavy atom. The van der Waals surface area contributed by atoms with Crippen LogP contribution in [0.4, 0.5) is 11.4 Å². The Bertz CT molecular complexity index is 2210. The van der Waals surface area contributed by atoms with Gasteiger partial charge in [0.15, 0.2) is 0 Å². The molecular formula is C42H30N2. The number of nitrogens with zero attached hydrogens (tertiary/aromatic N) is 1. The second-order valence-electron chi connectivity index (χ2n) is 11.1. The highest BCUT2D eigenvalue weighted by Crippen LogP contribution is 2.38. The third-order valence-electron chi connectivity index (χ3n) is 8.40. The number of hydrogen-bond acceptors (Lipinski definition) is 1. The van der Waals surface area contributed by atoms with Gasteiger partial charge in [-0.1, -0.05) is 121 Å². The lowest BCUT2D eigenvalue weighted by atomic mass is 9.96. The summed E-state index contributed by atoms with van der Waals surface area (Å²) in [5.74, 6) is 0. The van der Waals surface area contributed by atoms with E-state index < -0.39 is 0 Å². The molecule has 8 aromatic rings. The molecule has 8 rings (SSSR count). The second-order valence-corrected chi connectivity index (χ2v) is 11.1. The lowest BCUT2D eigenvalue weighted by Crippen LogP contribution is -1.95. The minimum Gasteiger partial charge on any atom is -0.355 e. The van der Waals surface area contributed by atoms with Crippen molar-refractivity contribution in [2.24, 2.45) is 0 Å². The van der Waals surface area contributed by atoms with Gasteiger partial charge in [0.2, 0.25) is 0 Å². The Hall–Kier alpha value is -5.86. The minimum absolute atomic E-state index is 1.06. The monoisotopic (exact) mass is 562 g/mol. The van der Waals surface area contributed by atoms with Crippen LogP contribution in [0.15, 0.2) is 176 Å². The van der Waals surface area contributed by atoms with Crippen LogP contribution in [0.25, 0.3) is 60.9 Å². The summed E-state index contributed by atoms with van der Waals surface area (Å²) in [4.78, 5) is 0. The van der Waals surface area contributed by atoms with Gasteiger partial charge in [-0.05, 0) is 82.4 Å². The van der Waals surface area contributed by atoms with Crippen molar-refractivity contribution in [1.29, 1.82) is 0 Å². The maximum absolute atomic E-state index is 3.70. The molecule has 0 spiro atoms. The Kier molecular flexibility index (Phi) is 6.51. The van der Waals surface area contributed by atoms with Crippen LogP contribution in [0.5, 0.6) is 0 Å². The van der Waals surface area contributed by atoms with E-state index in [4.69, 9.17) is 0 Å². The van der Waals surface area contributed by atoms with Crippen LogP contribution in [0, 0.1) is 0 Å². The predicted molar refractivity (Wildman–Crippen MR) is 187 cm³/mol. The minimum atomic E-state index is 1.06. The molecule has 44 heavy (non-hydrogen) atoms. The zero-order valence-electron chi connectivity index (χ0n) is 24.2. The van der Waals surface area contributed by atoms with Crippen molar-refractivity contribution in [3.8, 4) is 39.1 Å². The lowest BCUT2D eigenvalue weighted by molar-refractivity contribution is 1.18. The number of aromatic nitrogens is 1. The van der Waals surface area contributed by atoms with E-state index in [1.807, 2.05) is 0 Å². The molecule has 0 saturated carbocycles. The molecule has 208 valence electrons.